The summed E-state index contributed by atoms with van der Waals surface area (Å²) in [4.78, 5) is 23.0. The van der Waals surface area contributed by atoms with Gasteiger partial charge in [0, 0.05) is 6.54 Å². The molecule has 0 bridgehead atoms. The maximum absolute atomic E-state index is 11.5. The second kappa shape index (κ2) is 14.3. The zero-order valence-electron chi connectivity index (χ0n) is 16.6. The van der Waals surface area contributed by atoms with Crippen LogP contribution in [0.4, 0.5) is 4.79 Å². The predicted molar refractivity (Wildman–Crippen MR) is 100 cm³/mol. The molecule has 0 saturated heterocycles. The summed E-state index contributed by atoms with van der Waals surface area (Å²) in [5.74, 6) is -0.281. The number of allylic oxidation sites excluding steroid dienone is 2. The van der Waals surface area contributed by atoms with Crippen LogP contribution in [0.2, 0.25) is 0 Å². The van der Waals surface area contributed by atoms with E-state index >= 15 is 0 Å². The molecule has 0 rings (SSSR count). The first-order valence-electron chi connectivity index (χ1n) is 8.84. The van der Waals surface area contributed by atoms with Gasteiger partial charge in [0.25, 0.3) is 0 Å². The van der Waals surface area contributed by atoms with E-state index in [-0.39, 0.29) is 19.0 Å². The highest BCUT2D eigenvalue weighted by molar-refractivity contribution is 5.69. The Labute approximate surface area is 156 Å². The first-order valence-corrected chi connectivity index (χ1v) is 8.84. The lowest BCUT2D eigenvalue weighted by Crippen LogP contribution is -2.28. The van der Waals surface area contributed by atoms with Crippen LogP contribution in [-0.2, 0) is 23.7 Å². The first-order chi connectivity index (χ1) is 12.3. The van der Waals surface area contributed by atoms with Crippen molar-refractivity contribution in [2.45, 2.75) is 46.6 Å². The number of amides is 1. The molecule has 0 unspecified atom stereocenters. The van der Waals surface area contributed by atoms with E-state index in [0.717, 1.165) is 5.57 Å². The molecule has 26 heavy (non-hydrogen) atoms. The van der Waals surface area contributed by atoms with E-state index in [2.05, 4.69) is 5.32 Å². The lowest BCUT2D eigenvalue weighted by molar-refractivity contribution is -0.156. The number of hydrogen-bond acceptors (Lipinski definition) is 6. The highest BCUT2D eigenvalue weighted by Gasteiger charge is 2.15. The second-order valence-electron chi connectivity index (χ2n) is 6.43. The summed E-state index contributed by atoms with van der Waals surface area (Å²) in [5, 5.41) is 2.60. The Hall–Kier alpha value is -1.86. The third-order valence-corrected chi connectivity index (χ3v) is 2.88. The topological polar surface area (TPSA) is 83.1 Å². The van der Waals surface area contributed by atoms with Gasteiger partial charge in [-0.1, -0.05) is 18.2 Å². The van der Waals surface area contributed by atoms with Gasteiger partial charge in [0.05, 0.1) is 32.8 Å². The Kier molecular flexibility index (Phi) is 13.3. The van der Waals surface area contributed by atoms with Crippen molar-refractivity contribution in [3.63, 3.8) is 0 Å². The minimum Gasteiger partial charge on any atom is -0.460 e. The van der Waals surface area contributed by atoms with E-state index in [0.29, 0.717) is 33.0 Å². The van der Waals surface area contributed by atoms with Crippen molar-refractivity contribution in [3.05, 3.63) is 23.8 Å². The molecule has 0 aliphatic rings. The minimum absolute atomic E-state index is 0.214. The van der Waals surface area contributed by atoms with Crippen LogP contribution in [-0.4, -0.2) is 57.2 Å². The van der Waals surface area contributed by atoms with Crippen LogP contribution in [0.1, 0.15) is 41.0 Å². The summed E-state index contributed by atoms with van der Waals surface area (Å²) in [6.07, 6.45) is 5.40. The number of hydrogen-bond donors (Lipinski definition) is 1. The summed E-state index contributed by atoms with van der Waals surface area (Å²) < 4.78 is 20.9. The van der Waals surface area contributed by atoms with Crippen molar-refractivity contribution in [3.8, 4) is 0 Å². The van der Waals surface area contributed by atoms with Gasteiger partial charge < -0.3 is 24.3 Å². The Morgan fingerprint density at radius 3 is 2.23 bits per heavy atom. The minimum atomic E-state index is -0.480. The van der Waals surface area contributed by atoms with Gasteiger partial charge in [0.2, 0.25) is 0 Å². The molecule has 0 aromatic carbocycles. The molecule has 7 heteroatoms. The summed E-state index contributed by atoms with van der Waals surface area (Å²) >= 11 is 0. The monoisotopic (exact) mass is 371 g/mol. The molecular formula is C19H33NO6. The molecule has 0 fully saturated rings. The maximum atomic E-state index is 11.5. The molecule has 0 atom stereocenters. The van der Waals surface area contributed by atoms with Crippen molar-refractivity contribution in [1.29, 1.82) is 0 Å². The molecular weight excluding hydrogens is 338 g/mol. The van der Waals surface area contributed by atoms with Gasteiger partial charge in [-0.05, 0) is 40.2 Å². The van der Waals surface area contributed by atoms with E-state index in [1.54, 1.807) is 0 Å². The number of alkyl carbamates (subject to hydrolysis) is 1. The van der Waals surface area contributed by atoms with Gasteiger partial charge in [-0.25, -0.2) is 4.79 Å². The van der Waals surface area contributed by atoms with Crippen LogP contribution in [0, 0.1) is 0 Å². The van der Waals surface area contributed by atoms with Crippen molar-refractivity contribution < 1.29 is 28.5 Å². The fourth-order valence-corrected chi connectivity index (χ4v) is 1.74. The molecule has 1 N–H and O–H groups in total. The number of nitrogens with one attached hydrogen (secondary N) is 1. The van der Waals surface area contributed by atoms with Crippen LogP contribution in [0.15, 0.2) is 23.8 Å². The molecule has 7 nitrogen and oxygen atoms in total. The van der Waals surface area contributed by atoms with Gasteiger partial charge in [0.15, 0.2) is 0 Å². The van der Waals surface area contributed by atoms with E-state index < -0.39 is 11.7 Å². The number of ether oxygens (including phenoxy) is 4. The highest BCUT2D eigenvalue weighted by Crippen LogP contribution is 2.08. The van der Waals surface area contributed by atoms with Crippen LogP contribution < -0.4 is 5.32 Å². The average molecular weight is 371 g/mol. The Bertz CT molecular complexity index is 465. The molecule has 150 valence electrons. The molecule has 0 aromatic rings. The predicted octanol–water partition coefficient (Wildman–Crippen LogP) is 3.00. The zero-order valence-corrected chi connectivity index (χ0v) is 16.6. The molecule has 0 aliphatic heterocycles. The van der Waals surface area contributed by atoms with Gasteiger partial charge in [-0.2, -0.15) is 0 Å². The Morgan fingerprint density at radius 1 is 1.00 bits per heavy atom. The number of esters is 1. The summed E-state index contributed by atoms with van der Waals surface area (Å²) in [6.45, 7) is 11.3. The van der Waals surface area contributed by atoms with Gasteiger partial charge in [-0.3, -0.25) is 4.79 Å². The summed E-state index contributed by atoms with van der Waals surface area (Å²) in [7, 11) is 0. The summed E-state index contributed by atoms with van der Waals surface area (Å²) in [6, 6.07) is 0. The molecule has 0 aliphatic carbocycles. The standard InChI is InChI=1S/C19H33NO6/c1-6-8-16(7-2)15-25-18(22)20-10-12-24-14-13-23-11-9-17(21)26-19(3,4)5/h6-8H,9-15H2,1-5H3,(H,20,22)/b8-6-,16-7+. The number of carbonyl (C=O) groups is 2. The second-order valence-corrected chi connectivity index (χ2v) is 6.43. The van der Waals surface area contributed by atoms with Gasteiger partial charge >= 0.3 is 12.1 Å². The number of carbonyl (C=O) groups excluding carboxylic acids is 2. The van der Waals surface area contributed by atoms with Crippen molar-refractivity contribution >= 4 is 12.1 Å². The van der Waals surface area contributed by atoms with E-state index in [1.807, 2.05) is 52.8 Å². The van der Waals surface area contributed by atoms with E-state index in [4.69, 9.17) is 18.9 Å². The van der Waals surface area contributed by atoms with Crippen LogP contribution in [0.3, 0.4) is 0 Å². The number of rotatable bonds is 12. The smallest absolute Gasteiger partial charge is 0.407 e. The highest BCUT2D eigenvalue weighted by atomic mass is 16.6. The van der Waals surface area contributed by atoms with E-state index in [9.17, 15) is 9.59 Å². The molecule has 0 aromatic heterocycles. The molecule has 0 heterocycles. The lowest BCUT2D eigenvalue weighted by Gasteiger charge is -2.19. The van der Waals surface area contributed by atoms with Crippen LogP contribution in [0.5, 0.6) is 0 Å². The zero-order chi connectivity index (χ0) is 19.8. The molecule has 0 saturated carbocycles. The maximum Gasteiger partial charge on any atom is 0.407 e. The Morgan fingerprint density at radius 2 is 1.65 bits per heavy atom. The Balaban J connectivity index is 3.51. The largest absolute Gasteiger partial charge is 0.460 e. The first kappa shape index (κ1) is 24.1. The SMILES string of the molecule is C/C=C\C(=C/C)COC(=O)NCCOCCOCCC(=O)OC(C)(C)C. The normalized spacial score (nSPS) is 12.3. The van der Waals surface area contributed by atoms with Gasteiger partial charge in [-0.15, -0.1) is 0 Å². The fraction of sp³-hybridized carbons (Fsp3) is 0.684. The van der Waals surface area contributed by atoms with Gasteiger partial charge in [0.1, 0.15) is 12.2 Å². The lowest BCUT2D eigenvalue weighted by atomic mass is 10.2. The third kappa shape index (κ3) is 15.7. The quantitative estimate of drug-likeness (QED) is 0.323. The molecule has 0 radical (unpaired) electrons. The van der Waals surface area contributed by atoms with Crippen molar-refractivity contribution in [1.82, 2.24) is 5.32 Å². The fourth-order valence-electron chi connectivity index (χ4n) is 1.74. The third-order valence-electron chi connectivity index (χ3n) is 2.88. The van der Waals surface area contributed by atoms with Crippen LogP contribution in [0.25, 0.3) is 0 Å². The van der Waals surface area contributed by atoms with Crippen LogP contribution >= 0.6 is 0 Å². The van der Waals surface area contributed by atoms with Crippen molar-refractivity contribution in [2.24, 2.45) is 0 Å². The molecule has 0 spiro atoms. The summed E-state index contributed by atoms with van der Waals surface area (Å²) in [5.41, 5.74) is 0.456. The average Bonchev–Trinajstić information content (AvgIpc) is 2.55. The van der Waals surface area contributed by atoms with E-state index in [1.165, 1.54) is 0 Å². The van der Waals surface area contributed by atoms with Crippen molar-refractivity contribution in [2.75, 3.05) is 39.6 Å². The molecule has 1 amide bonds.